The van der Waals surface area contributed by atoms with E-state index in [1.54, 1.807) is 0 Å². The largest absolute Gasteiger partial charge is 0.490 e. The Morgan fingerprint density at radius 2 is 0.881 bits per heavy atom. The van der Waals surface area contributed by atoms with Crippen molar-refractivity contribution in [2.24, 2.45) is 0 Å². The number of fused-ring (bicyclic) bond motifs is 2. The van der Waals surface area contributed by atoms with Crippen molar-refractivity contribution in [3.05, 3.63) is 74.4 Å². The standard InChI is InChI=1S/C30H24Br10O2/c1-12(15-4-17-8-21(35)27(39)29(25(17)19(33)6-15)41-10-23(37)13(2)31)16-5-18-9-22(36)28(40)30(26(18)20(34)7-16)42-11-24(38)14(3)32/h4-9,12-14,23-24H,10-11H2,1-3H3. The van der Waals surface area contributed by atoms with Gasteiger partial charge < -0.3 is 9.47 Å². The van der Waals surface area contributed by atoms with Crippen molar-refractivity contribution >= 4 is 181 Å². The molecule has 0 saturated heterocycles. The van der Waals surface area contributed by atoms with E-state index in [-0.39, 0.29) is 25.2 Å². The van der Waals surface area contributed by atoms with E-state index < -0.39 is 0 Å². The second kappa shape index (κ2) is 15.8. The van der Waals surface area contributed by atoms with E-state index >= 15 is 0 Å². The summed E-state index contributed by atoms with van der Waals surface area (Å²) in [5, 5.41) is 4.23. The van der Waals surface area contributed by atoms with Gasteiger partial charge in [0.25, 0.3) is 0 Å². The maximum atomic E-state index is 6.35. The highest BCUT2D eigenvalue weighted by atomic mass is 79.9. The van der Waals surface area contributed by atoms with Gasteiger partial charge in [-0.3, -0.25) is 0 Å². The molecule has 226 valence electrons. The predicted octanol–water partition coefficient (Wildman–Crippen LogP) is 14.6. The molecule has 0 aliphatic heterocycles. The van der Waals surface area contributed by atoms with Gasteiger partial charge >= 0.3 is 0 Å². The van der Waals surface area contributed by atoms with Crippen LogP contribution in [0, 0.1) is 0 Å². The minimum absolute atomic E-state index is 0.118. The van der Waals surface area contributed by atoms with Crippen molar-refractivity contribution in [3.63, 3.8) is 0 Å². The average molecular weight is 1220 g/mol. The molecule has 4 aromatic rings. The summed E-state index contributed by atoms with van der Waals surface area (Å²) < 4.78 is 18.3. The molecule has 4 unspecified atom stereocenters. The van der Waals surface area contributed by atoms with E-state index in [0.29, 0.717) is 13.2 Å². The molecule has 4 aromatic carbocycles. The zero-order valence-corrected chi connectivity index (χ0v) is 38.2. The number of benzene rings is 4. The number of halogens is 10. The molecule has 0 amide bonds. The zero-order chi connectivity index (χ0) is 31.0. The Morgan fingerprint density at radius 1 is 0.524 bits per heavy atom. The van der Waals surface area contributed by atoms with Crippen LogP contribution < -0.4 is 9.47 Å². The van der Waals surface area contributed by atoms with Gasteiger partial charge in [-0.25, -0.2) is 0 Å². The maximum absolute atomic E-state index is 6.35. The normalized spacial score (nSPS) is 15.5. The molecule has 0 fully saturated rings. The monoisotopic (exact) mass is 1210 g/mol. The van der Waals surface area contributed by atoms with E-state index in [0.717, 1.165) is 59.9 Å². The number of alkyl halides is 4. The molecule has 42 heavy (non-hydrogen) atoms. The van der Waals surface area contributed by atoms with Gasteiger partial charge in [0.1, 0.15) is 24.7 Å². The molecule has 0 spiro atoms. The Kier molecular flexibility index (Phi) is 13.8. The van der Waals surface area contributed by atoms with Gasteiger partial charge in [-0.1, -0.05) is 128 Å². The van der Waals surface area contributed by atoms with Crippen LogP contribution in [0.1, 0.15) is 37.8 Å². The number of rotatable bonds is 10. The molecule has 4 atom stereocenters. The fourth-order valence-corrected chi connectivity index (χ4v) is 8.02. The van der Waals surface area contributed by atoms with Crippen LogP contribution in [0.25, 0.3) is 21.5 Å². The zero-order valence-electron chi connectivity index (χ0n) is 22.4. The predicted molar refractivity (Wildman–Crippen MR) is 215 cm³/mol. The van der Waals surface area contributed by atoms with Gasteiger partial charge in [-0.2, -0.15) is 0 Å². The van der Waals surface area contributed by atoms with Crippen molar-refractivity contribution in [3.8, 4) is 11.5 Å². The smallest absolute Gasteiger partial charge is 0.143 e. The number of hydrogen-bond donors (Lipinski definition) is 0. The quantitative estimate of drug-likeness (QED) is 0.147. The summed E-state index contributed by atoms with van der Waals surface area (Å²) in [7, 11) is 0. The van der Waals surface area contributed by atoms with E-state index in [2.05, 4.69) is 216 Å². The molecular formula is C30H24Br10O2. The Bertz CT molecular complexity index is 1500. The van der Waals surface area contributed by atoms with Crippen molar-refractivity contribution in [1.29, 1.82) is 0 Å². The first-order chi connectivity index (χ1) is 19.7. The van der Waals surface area contributed by atoms with Crippen LogP contribution in [-0.4, -0.2) is 32.5 Å². The molecule has 0 aliphatic carbocycles. The lowest BCUT2D eigenvalue weighted by Crippen LogP contribution is -2.19. The second-order valence-corrected chi connectivity index (χ2v) is 20.2. The van der Waals surface area contributed by atoms with Crippen molar-refractivity contribution < 1.29 is 9.47 Å². The minimum atomic E-state index is 0.118. The third kappa shape index (κ3) is 8.26. The van der Waals surface area contributed by atoms with Gasteiger partial charge in [0.05, 0.1) is 18.6 Å². The van der Waals surface area contributed by atoms with Crippen LogP contribution in [0.15, 0.2) is 63.2 Å². The minimum Gasteiger partial charge on any atom is -0.490 e. The highest BCUT2D eigenvalue weighted by Crippen LogP contribution is 2.47. The van der Waals surface area contributed by atoms with E-state index in [4.69, 9.17) is 9.47 Å². The van der Waals surface area contributed by atoms with E-state index in [1.807, 2.05) is 0 Å². The van der Waals surface area contributed by atoms with E-state index in [9.17, 15) is 0 Å². The van der Waals surface area contributed by atoms with Crippen LogP contribution in [0.5, 0.6) is 11.5 Å². The Balaban J connectivity index is 1.76. The summed E-state index contributed by atoms with van der Waals surface area (Å²) in [4.78, 5) is 0.887. The summed E-state index contributed by atoms with van der Waals surface area (Å²) in [6.45, 7) is 7.48. The summed E-state index contributed by atoms with van der Waals surface area (Å²) >= 11 is 37.3. The third-order valence-electron chi connectivity index (χ3n) is 6.89. The van der Waals surface area contributed by atoms with Crippen LogP contribution in [0.2, 0.25) is 0 Å². The van der Waals surface area contributed by atoms with Gasteiger partial charge in [-0.05, 0) is 110 Å². The Hall–Kier alpha value is 1.80. The molecule has 0 N–H and O–H groups in total. The Morgan fingerprint density at radius 3 is 1.21 bits per heavy atom. The Labute approximate surface area is 330 Å². The molecule has 0 aliphatic rings. The molecule has 0 aromatic heterocycles. The van der Waals surface area contributed by atoms with Crippen molar-refractivity contribution in [2.45, 2.75) is 46.0 Å². The fourth-order valence-electron chi connectivity index (χ4n) is 4.40. The molecule has 0 saturated carbocycles. The maximum Gasteiger partial charge on any atom is 0.143 e. The van der Waals surface area contributed by atoms with Crippen LogP contribution in [-0.2, 0) is 0 Å². The first-order valence-corrected chi connectivity index (χ1v) is 21.2. The lowest BCUT2D eigenvalue weighted by molar-refractivity contribution is 0.320. The third-order valence-corrected chi connectivity index (χ3v) is 16.8. The van der Waals surface area contributed by atoms with Crippen molar-refractivity contribution in [2.75, 3.05) is 13.2 Å². The van der Waals surface area contributed by atoms with Crippen LogP contribution in [0.4, 0.5) is 0 Å². The van der Waals surface area contributed by atoms with Crippen LogP contribution in [0.3, 0.4) is 0 Å². The van der Waals surface area contributed by atoms with E-state index in [1.165, 1.54) is 11.1 Å². The lowest BCUT2D eigenvalue weighted by Gasteiger charge is -2.21. The highest BCUT2D eigenvalue weighted by molar-refractivity contribution is 9.14. The van der Waals surface area contributed by atoms with Gasteiger partial charge in [0.15, 0.2) is 0 Å². The molecule has 4 rings (SSSR count). The highest BCUT2D eigenvalue weighted by Gasteiger charge is 2.22. The topological polar surface area (TPSA) is 18.5 Å². The number of ether oxygens (including phenoxy) is 2. The molecule has 12 heteroatoms. The number of hydrogen-bond acceptors (Lipinski definition) is 2. The summed E-state index contributed by atoms with van der Waals surface area (Å²) in [6, 6.07) is 13.1. The SMILES string of the molecule is CC(c1cc(Br)c2c(OCC(Br)C(C)Br)c(Br)c(Br)cc2c1)c1cc(Br)c2c(OCC(Br)C(C)Br)c(Br)c(Br)cc2c1. The second-order valence-electron chi connectivity index (χ2n) is 9.94. The first-order valence-electron chi connectivity index (χ1n) is 12.7. The fraction of sp³-hybridized carbons (Fsp3) is 0.333. The lowest BCUT2D eigenvalue weighted by atomic mass is 9.90. The van der Waals surface area contributed by atoms with Crippen LogP contribution >= 0.6 is 159 Å². The van der Waals surface area contributed by atoms with Crippen molar-refractivity contribution in [1.82, 2.24) is 0 Å². The average Bonchev–Trinajstić information content (AvgIpc) is 2.92. The van der Waals surface area contributed by atoms with Gasteiger partial charge in [-0.15, -0.1) is 0 Å². The summed E-state index contributed by atoms with van der Waals surface area (Å²) in [6.07, 6.45) is 0. The first kappa shape index (κ1) is 36.6. The molecule has 0 bridgehead atoms. The molecule has 0 heterocycles. The summed E-state index contributed by atoms with van der Waals surface area (Å²) in [5.41, 5.74) is 2.38. The molecule has 0 radical (unpaired) electrons. The van der Waals surface area contributed by atoms with Gasteiger partial charge in [0.2, 0.25) is 0 Å². The summed E-state index contributed by atoms with van der Waals surface area (Å²) in [5.74, 6) is 1.73. The van der Waals surface area contributed by atoms with Gasteiger partial charge in [0, 0.05) is 44.2 Å². The molecular weight excluding hydrogens is 1190 g/mol. The molecule has 2 nitrogen and oxygen atoms in total.